The molecule has 0 amide bonds. The van der Waals surface area contributed by atoms with Crippen LogP contribution in [0.25, 0.3) is 0 Å². The highest BCUT2D eigenvalue weighted by atomic mass is 31.2. The van der Waals surface area contributed by atoms with Crippen LogP contribution in [0.5, 0.6) is 0 Å². The minimum atomic E-state index is -4.34. The lowest BCUT2D eigenvalue weighted by Gasteiger charge is -2.13. The van der Waals surface area contributed by atoms with E-state index in [-0.39, 0.29) is 6.42 Å². The van der Waals surface area contributed by atoms with Crippen molar-refractivity contribution < 1.29 is 9.36 Å². The third kappa shape index (κ3) is 9.11. The molecule has 26 heavy (non-hydrogen) atoms. The average molecular weight is 383 g/mol. The van der Waals surface area contributed by atoms with E-state index in [9.17, 15) is 19.2 Å². The van der Waals surface area contributed by atoms with Gasteiger partial charge in [0.1, 0.15) is 5.66 Å². The number of ketones is 1. The van der Waals surface area contributed by atoms with Crippen LogP contribution in [0, 0.1) is 9.81 Å². The molecule has 1 atom stereocenters. The van der Waals surface area contributed by atoms with Crippen molar-refractivity contribution >= 4 is 13.2 Å². The summed E-state index contributed by atoms with van der Waals surface area (Å²) >= 11 is 0. The fraction of sp³-hybridized carbons (Fsp3) is 0.611. The lowest BCUT2D eigenvalue weighted by Crippen LogP contribution is -2.27. The summed E-state index contributed by atoms with van der Waals surface area (Å²) in [6.45, 7) is 7.71. The van der Waals surface area contributed by atoms with Gasteiger partial charge in [0, 0.05) is 9.89 Å². The average Bonchev–Trinajstić information content (AvgIpc) is 2.60. The van der Waals surface area contributed by atoms with Gasteiger partial charge in [-0.1, -0.05) is 34.9 Å². The van der Waals surface area contributed by atoms with E-state index in [0.717, 1.165) is 31.3 Å². The van der Waals surface area contributed by atoms with Crippen molar-refractivity contribution in [2.24, 2.45) is 15.6 Å². The molecule has 0 aromatic rings. The minimum absolute atomic E-state index is 0.0279. The van der Waals surface area contributed by atoms with Crippen LogP contribution in [-0.2, 0) is 9.36 Å². The maximum Gasteiger partial charge on any atom is 0.384 e. The van der Waals surface area contributed by atoms with Gasteiger partial charge in [-0.25, -0.2) is 0 Å². The molecule has 0 heterocycles. The van der Waals surface area contributed by atoms with Crippen molar-refractivity contribution in [1.82, 2.24) is 0 Å². The number of nitrogens with two attached hydrogens (primary N) is 1. The summed E-state index contributed by atoms with van der Waals surface area (Å²) in [4.78, 5) is 37.9. The molecular weight excluding hydrogens is 353 g/mol. The Hall–Kier alpha value is -1.72. The van der Waals surface area contributed by atoms with Crippen molar-refractivity contribution in [2.75, 3.05) is 6.54 Å². The van der Waals surface area contributed by atoms with Crippen LogP contribution in [0.3, 0.4) is 0 Å². The first kappa shape index (κ1) is 24.3. The monoisotopic (exact) mass is 383 g/mol. The number of nitrogens with zero attached hydrogens (tertiary/aromatic N) is 2. The topological polar surface area (TPSA) is 119 Å². The van der Waals surface area contributed by atoms with Crippen LogP contribution in [-0.4, -0.2) is 18.0 Å². The maximum absolute atomic E-state index is 12.0. The first-order valence-electron chi connectivity index (χ1n) is 8.67. The van der Waals surface area contributed by atoms with E-state index in [0.29, 0.717) is 0 Å². The molecule has 0 aliphatic heterocycles. The van der Waals surface area contributed by atoms with Gasteiger partial charge >= 0.3 is 7.44 Å². The highest BCUT2D eigenvalue weighted by Crippen LogP contribution is 2.55. The van der Waals surface area contributed by atoms with E-state index in [4.69, 9.17) is 5.73 Å². The first-order chi connectivity index (χ1) is 12.2. The molecule has 0 aromatic carbocycles. The smallest absolute Gasteiger partial charge is 0.324 e. The Bertz CT molecular complexity index is 622. The minimum Gasteiger partial charge on any atom is -0.324 e. The lowest BCUT2D eigenvalue weighted by atomic mass is 10.1. The van der Waals surface area contributed by atoms with Gasteiger partial charge in [-0.05, 0) is 59.8 Å². The van der Waals surface area contributed by atoms with Crippen LogP contribution in [0.2, 0.25) is 0 Å². The second-order valence-electron chi connectivity index (χ2n) is 6.63. The molecule has 2 N–H and O–H groups in total. The molecule has 7 nitrogen and oxygen atoms in total. The fourth-order valence-electron chi connectivity index (χ4n) is 2.37. The van der Waals surface area contributed by atoms with Crippen molar-refractivity contribution in [1.29, 1.82) is 0 Å². The van der Waals surface area contributed by atoms with E-state index in [2.05, 4.69) is 42.8 Å². The van der Waals surface area contributed by atoms with E-state index in [1.165, 1.54) is 11.1 Å². The quantitative estimate of drug-likeness (QED) is 0.259. The lowest BCUT2D eigenvalue weighted by molar-refractivity contribution is -0.117. The van der Waals surface area contributed by atoms with E-state index in [1.54, 1.807) is 6.08 Å². The fourth-order valence-corrected chi connectivity index (χ4v) is 3.49. The molecule has 146 valence electrons. The molecule has 0 aliphatic rings. The number of carbonyl (C=O) groups excluding carboxylic acids is 1. The Balaban J connectivity index is 4.76. The Morgan fingerprint density at radius 1 is 0.962 bits per heavy atom. The molecule has 0 bridgehead atoms. The number of hydrogen-bond acceptors (Lipinski definition) is 5. The molecule has 0 fully saturated rings. The normalized spacial score (nSPS) is 13.9. The van der Waals surface area contributed by atoms with Gasteiger partial charge in [0.2, 0.25) is 0 Å². The Morgan fingerprint density at radius 3 is 1.92 bits per heavy atom. The molecular formula is C18H30N3O4P. The van der Waals surface area contributed by atoms with Crippen molar-refractivity contribution in [3.05, 3.63) is 44.8 Å². The summed E-state index contributed by atoms with van der Waals surface area (Å²) in [6.07, 6.45) is 9.69. The zero-order valence-corrected chi connectivity index (χ0v) is 17.0. The first-order valence-corrected chi connectivity index (χ1v) is 10.3. The summed E-state index contributed by atoms with van der Waals surface area (Å²) in [6, 6.07) is 0. The maximum atomic E-state index is 12.0. The predicted molar refractivity (Wildman–Crippen MR) is 107 cm³/mol. The standard InChI is InChI=1S/C18H30N3O4P/c1-14(2)7-5-8-15(3)9-6-10-16(4)11-12-18(17(22)13-19)26(25,20-23)21-24/h7,9,11,18H,5-6,8,10,12-13,19H2,1-4H3/b15-9+,16-11+. The van der Waals surface area contributed by atoms with Gasteiger partial charge in [-0.3, -0.25) is 9.36 Å². The van der Waals surface area contributed by atoms with Gasteiger partial charge in [-0.2, -0.15) is 0 Å². The van der Waals surface area contributed by atoms with Crippen LogP contribution in [0.15, 0.2) is 44.8 Å². The predicted octanol–water partition coefficient (Wildman–Crippen LogP) is 5.42. The molecule has 0 radical (unpaired) electrons. The Morgan fingerprint density at radius 2 is 1.46 bits per heavy atom. The number of hydrogen-bond donors (Lipinski definition) is 1. The molecule has 0 rings (SSSR count). The number of carbonyl (C=O) groups is 1. The summed E-state index contributed by atoms with van der Waals surface area (Å²) < 4.78 is 12.0. The van der Waals surface area contributed by atoms with E-state index < -0.39 is 25.4 Å². The largest absolute Gasteiger partial charge is 0.384 e. The third-order valence-corrected chi connectivity index (χ3v) is 5.80. The summed E-state index contributed by atoms with van der Waals surface area (Å²) in [5, 5.41) is 0. The van der Waals surface area contributed by atoms with Gasteiger partial charge in [0.25, 0.3) is 0 Å². The van der Waals surface area contributed by atoms with Gasteiger partial charge in [-0.15, -0.1) is 9.81 Å². The molecule has 0 spiro atoms. The zero-order chi connectivity index (χ0) is 20.2. The molecule has 0 aliphatic carbocycles. The molecule has 1 unspecified atom stereocenters. The number of allylic oxidation sites excluding steroid dienone is 6. The summed E-state index contributed by atoms with van der Waals surface area (Å²) in [5.74, 6) is -0.647. The van der Waals surface area contributed by atoms with E-state index >= 15 is 0 Å². The van der Waals surface area contributed by atoms with Gasteiger partial charge in [0.05, 0.1) is 6.54 Å². The highest BCUT2D eigenvalue weighted by molar-refractivity contribution is 7.62. The highest BCUT2D eigenvalue weighted by Gasteiger charge is 2.40. The van der Waals surface area contributed by atoms with Gasteiger partial charge < -0.3 is 5.73 Å². The summed E-state index contributed by atoms with van der Waals surface area (Å²) in [5.41, 5.74) is 7.50. The van der Waals surface area contributed by atoms with Crippen LogP contribution in [0.4, 0.5) is 0 Å². The number of nitroso groups, excluding NO2 is 2. The third-order valence-electron chi connectivity index (χ3n) is 4.03. The van der Waals surface area contributed by atoms with Crippen molar-refractivity contribution in [3.63, 3.8) is 0 Å². The molecule has 8 heteroatoms. The Labute approximate surface area is 155 Å². The van der Waals surface area contributed by atoms with Crippen LogP contribution >= 0.6 is 7.44 Å². The van der Waals surface area contributed by atoms with Gasteiger partial charge in [0.15, 0.2) is 5.78 Å². The van der Waals surface area contributed by atoms with Crippen molar-refractivity contribution in [3.8, 4) is 0 Å². The second-order valence-corrected chi connectivity index (χ2v) is 8.76. The van der Waals surface area contributed by atoms with Crippen LogP contribution < -0.4 is 5.73 Å². The zero-order valence-electron chi connectivity index (χ0n) is 16.1. The SMILES string of the molecule is CC(C)=CCC/C(C)=C/CC/C(C)=C/CC(C(=O)CN)P(=O)(N=O)N=O. The summed E-state index contributed by atoms with van der Waals surface area (Å²) in [7, 11) is -4.34. The number of Topliss-reactive ketones (excluding diaryl/α,β-unsaturated/α-hetero) is 1. The molecule has 0 saturated heterocycles. The van der Waals surface area contributed by atoms with Crippen molar-refractivity contribution in [2.45, 2.75) is 65.5 Å². The number of rotatable bonds is 13. The second kappa shape index (κ2) is 12.6. The Kier molecular flexibility index (Phi) is 11.8. The molecule has 0 aromatic heterocycles. The van der Waals surface area contributed by atoms with Crippen LogP contribution in [0.1, 0.15) is 59.8 Å². The molecule has 0 saturated carbocycles. The van der Waals surface area contributed by atoms with E-state index in [1.807, 2.05) is 6.92 Å².